The molecule has 8 heteroatoms. The molecule has 0 amide bonds. The number of aliphatic carboxylic acids is 1. The van der Waals surface area contributed by atoms with Gasteiger partial charge in [-0.25, -0.2) is 8.42 Å². The molecule has 0 saturated carbocycles. The lowest BCUT2D eigenvalue weighted by molar-refractivity contribution is -0.136. The number of hydrogen-bond donors (Lipinski definition) is 1. The van der Waals surface area contributed by atoms with E-state index in [-0.39, 0.29) is 19.7 Å². The normalized spacial score (nSPS) is 13.8. The fourth-order valence-corrected chi connectivity index (χ4v) is 2.71. The monoisotopic (exact) mass is 283 g/mol. The third-order valence-corrected chi connectivity index (χ3v) is 4.64. The predicted molar refractivity (Wildman–Crippen MR) is 66.0 cm³/mol. The van der Waals surface area contributed by atoms with Crippen LogP contribution in [0.25, 0.3) is 0 Å². The van der Waals surface area contributed by atoms with Gasteiger partial charge in [-0.2, -0.15) is 4.31 Å². The van der Waals surface area contributed by atoms with E-state index in [1.54, 1.807) is 0 Å². The van der Waals surface area contributed by atoms with E-state index in [0.29, 0.717) is 13.0 Å². The number of ether oxygens (including phenoxy) is 2. The quantitative estimate of drug-likeness (QED) is 0.557. The predicted octanol–water partition coefficient (Wildman–Crippen LogP) is -0.226. The van der Waals surface area contributed by atoms with Gasteiger partial charge in [0.2, 0.25) is 10.0 Å². The van der Waals surface area contributed by atoms with Crippen molar-refractivity contribution in [2.24, 2.45) is 0 Å². The molecular weight excluding hydrogens is 262 g/mol. The summed E-state index contributed by atoms with van der Waals surface area (Å²) in [6.45, 7) is 2.16. The molecule has 1 unspecified atom stereocenters. The maximum absolute atomic E-state index is 12.0. The first-order valence-corrected chi connectivity index (χ1v) is 7.07. The maximum Gasteiger partial charge on any atom is 0.323 e. The summed E-state index contributed by atoms with van der Waals surface area (Å²) in [5, 5.41) is 7.34. The fourth-order valence-electron chi connectivity index (χ4n) is 1.30. The van der Waals surface area contributed by atoms with Gasteiger partial charge in [-0.3, -0.25) is 4.79 Å². The molecule has 0 aromatic heterocycles. The van der Waals surface area contributed by atoms with E-state index in [9.17, 15) is 13.2 Å². The van der Waals surface area contributed by atoms with E-state index in [1.165, 1.54) is 14.2 Å². The largest absolute Gasteiger partial charge is 0.480 e. The number of carbonyl (C=O) groups is 1. The van der Waals surface area contributed by atoms with E-state index in [1.807, 2.05) is 0 Å². The number of methoxy groups -OCH3 is 2. The van der Waals surface area contributed by atoms with Crippen molar-refractivity contribution in [2.45, 2.75) is 18.6 Å². The standard InChI is InChI=1S/C10H21NO6S/c1-9(10(12)13)18(14,15)11(6-8-17-3)5-4-7-16-2/h9H,4-8H2,1-3H3,(H,12,13). The Morgan fingerprint density at radius 1 is 1.22 bits per heavy atom. The highest BCUT2D eigenvalue weighted by Gasteiger charge is 2.33. The summed E-state index contributed by atoms with van der Waals surface area (Å²) < 4.78 is 34.9. The topological polar surface area (TPSA) is 93.1 Å². The number of hydrogen-bond acceptors (Lipinski definition) is 5. The van der Waals surface area contributed by atoms with Crippen molar-refractivity contribution < 1.29 is 27.8 Å². The molecule has 0 aromatic rings. The summed E-state index contributed by atoms with van der Waals surface area (Å²) in [5.74, 6) is -1.36. The Morgan fingerprint density at radius 3 is 2.22 bits per heavy atom. The zero-order chi connectivity index (χ0) is 14.2. The van der Waals surface area contributed by atoms with Crippen LogP contribution in [-0.4, -0.2) is 69.6 Å². The summed E-state index contributed by atoms with van der Waals surface area (Å²) in [6.07, 6.45) is 0.506. The third-order valence-electron chi connectivity index (χ3n) is 2.46. The molecule has 0 bridgehead atoms. The Balaban J connectivity index is 4.75. The van der Waals surface area contributed by atoms with Gasteiger partial charge in [0.1, 0.15) is 0 Å². The van der Waals surface area contributed by atoms with Crippen molar-refractivity contribution >= 4 is 16.0 Å². The van der Waals surface area contributed by atoms with Crippen LogP contribution in [0.5, 0.6) is 0 Å². The molecule has 7 nitrogen and oxygen atoms in total. The Bertz CT molecular complexity index is 342. The molecule has 1 atom stereocenters. The number of sulfonamides is 1. The molecule has 0 spiro atoms. The lowest BCUT2D eigenvalue weighted by Gasteiger charge is -2.23. The first-order valence-electron chi connectivity index (χ1n) is 5.57. The van der Waals surface area contributed by atoms with Gasteiger partial charge >= 0.3 is 5.97 Å². The van der Waals surface area contributed by atoms with E-state index < -0.39 is 21.2 Å². The van der Waals surface area contributed by atoms with Crippen LogP contribution >= 0.6 is 0 Å². The minimum atomic E-state index is -3.85. The zero-order valence-corrected chi connectivity index (χ0v) is 11.8. The lowest BCUT2D eigenvalue weighted by atomic mass is 10.4. The number of nitrogens with zero attached hydrogens (tertiary/aromatic N) is 1. The van der Waals surface area contributed by atoms with Gasteiger partial charge < -0.3 is 14.6 Å². The molecular formula is C10H21NO6S. The average molecular weight is 283 g/mol. The second-order valence-electron chi connectivity index (χ2n) is 3.76. The molecule has 0 aliphatic rings. The van der Waals surface area contributed by atoms with Crippen LogP contribution in [0.1, 0.15) is 13.3 Å². The first-order chi connectivity index (χ1) is 8.37. The van der Waals surface area contributed by atoms with E-state index in [0.717, 1.165) is 11.2 Å². The molecule has 0 heterocycles. The minimum absolute atomic E-state index is 0.139. The van der Waals surface area contributed by atoms with E-state index in [2.05, 4.69) is 0 Å². The number of carboxylic acids is 1. The summed E-state index contributed by atoms with van der Waals surface area (Å²) in [6, 6.07) is 0. The van der Waals surface area contributed by atoms with Crippen LogP contribution in [0, 0.1) is 0 Å². The van der Waals surface area contributed by atoms with Crippen molar-refractivity contribution in [3.63, 3.8) is 0 Å². The van der Waals surface area contributed by atoms with Crippen LogP contribution in [0.3, 0.4) is 0 Å². The van der Waals surface area contributed by atoms with Crippen LogP contribution in [0.15, 0.2) is 0 Å². The Kier molecular flexibility index (Phi) is 8.08. The molecule has 0 aromatic carbocycles. The summed E-state index contributed by atoms with van der Waals surface area (Å²) in [5.41, 5.74) is 0. The summed E-state index contributed by atoms with van der Waals surface area (Å²) in [4.78, 5) is 10.8. The summed E-state index contributed by atoms with van der Waals surface area (Å²) in [7, 11) is -0.874. The maximum atomic E-state index is 12.0. The first kappa shape index (κ1) is 17.3. The average Bonchev–Trinajstić information content (AvgIpc) is 2.32. The third kappa shape index (κ3) is 5.30. The second-order valence-corrected chi connectivity index (χ2v) is 6.02. The van der Waals surface area contributed by atoms with Crippen LogP contribution < -0.4 is 0 Å². The number of carboxylic acid groups (broad SMARTS) is 1. The molecule has 0 radical (unpaired) electrons. The van der Waals surface area contributed by atoms with Crippen LogP contribution in [0.2, 0.25) is 0 Å². The summed E-state index contributed by atoms with van der Waals surface area (Å²) >= 11 is 0. The molecule has 18 heavy (non-hydrogen) atoms. The van der Waals surface area contributed by atoms with Crippen molar-refractivity contribution in [3.8, 4) is 0 Å². The van der Waals surface area contributed by atoms with Gasteiger partial charge in [0, 0.05) is 33.9 Å². The van der Waals surface area contributed by atoms with E-state index in [4.69, 9.17) is 14.6 Å². The smallest absolute Gasteiger partial charge is 0.323 e. The van der Waals surface area contributed by atoms with Gasteiger partial charge in [-0.15, -0.1) is 0 Å². The molecule has 0 fully saturated rings. The van der Waals surface area contributed by atoms with Gasteiger partial charge in [0.05, 0.1) is 6.61 Å². The van der Waals surface area contributed by atoms with Gasteiger partial charge in [0.15, 0.2) is 5.25 Å². The highest BCUT2D eigenvalue weighted by atomic mass is 32.2. The molecule has 0 saturated heterocycles. The van der Waals surface area contributed by atoms with Crippen molar-refractivity contribution in [2.75, 3.05) is 40.5 Å². The molecule has 1 N–H and O–H groups in total. The van der Waals surface area contributed by atoms with E-state index >= 15 is 0 Å². The molecule has 0 rings (SSSR count). The molecule has 108 valence electrons. The van der Waals surface area contributed by atoms with Gasteiger partial charge in [-0.05, 0) is 13.3 Å². The van der Waals surface area contributed by atoms with Crippen molar-refractivity contribution in [3.05, 3.63) is 0 Å². The molecule has 0 aliphatic heterocycles. The minimum Gasteiger partial charge on any atom is -0.480 e. The Labute approximate surface area is 108 Å². The lowest BCUT2D eigenvalue weighted by Crippen LogP contribution is -2.43. The SMILES string of the molecule is COCCCN(CCOC)S(=O)(=O)C(C)C(=O)O. The van der Waals surface area contributed by atoms with Crippen LogP contribution in [0.4, 0.5) is 0 Å². The highest BCUT2D eigenvalue weighted by molar-refractivity contribution is 7.90. The second kappa shape index (κ2) is 8.41. The van der Waals surface area contributed by atoms with Crippen LogP contribution in [-0.2, 0) is 24.3 Å². The zero-order valence-electron chi connectivity index (χ0n) is 11.0. The fraction of sp³-hybridized carbons (Fsp3) is 0.900. The van der Waals surface area contributed by atoms with Crippen molar-refractivity contribution in [1.82, 2.24) is 4.31 Å². The van der Waals surface area contributed by atoms with Gasteiger partial charge in [0.25, 0.3) is 0 Å². The highest BCUT2D eigenvalue weighted by Crippen LogP contribution is 2.10. The number of rotatable bonds is 10. The van der Waals surface area contributed by atoms with Crippen molar-refractivity contribution in [1.29, 1.82) is 0 Å². The Hall–Kier alpha value is -0.700. The Morgan fingerprint density at radius 2 is 1.78 bits per heavy atom. The molecule has 0 aliphatic carbocycles. The van der Waals surface area contributed by atoms with Gasteiger partial charge in [-0.1, -0.05) is 0 Å².